The van der Waals surface area contributed by atoms with Gasteiger partial charge in [-0.25, -0.2) is 9.50 Å². The van der Waals surface area contributed by atoms with Crippen molar-refractivity contribution in [3.05, 3.63) is 64.6 Å². The second-order valence-corrected chi connectivity index (χ2v) is 6.62. The van der Waals surface area contributed by atoms with E-state index in [1.807, 2.05) is 36.9 Å². The third kappa shape index (κ3) is 2.97. The van der Waals surface area contributed by atoms with Crippen LogP contribution in [0.1, 0.15) is 32.9 Å². The van der Waals surface area contributed by atoms with Crippen molar-refractivity contribution in [2.24, 2.45) is 0 Å². The number of benzene rings is 1. The van der Waals surface area contributed by atoms with Crippen molar-refractivity contribution in [3.8, 4) is 0 Å². The highest BCUT2D eigenvalue weighted by atomic mass is 16.5. The molecule has 0 spiro atoms. The lowest BCUT2D eigenvalue weighted by molar-refractivity contribution is 0.0304. The van der Waals surface area contributed by atoms with Crippen LogP contribution in [0, 0.1) is 13.8 Å². The summed E-state index contributed by atoms with van der Waals surface area (Å²) in [5, 5.41) is 4.45. The molecule has 1 aliphatic heterocycles. The van der Waals surface area contributed by atoms with E-state index in [0.717, 1.165) is 23.4 Å². The Kier molecular flexibility index (Phi) is 4.42. The SMILES string of the molecule is Cc1nc2c(C(=O)N3CCOCC3)cnn2c(C)c1Cc1ccccc1. The van der Waals surface area contributed by atoms with Crippen molar-refractivity contribution in [2.75, 3.05) is 26.3 Å². The van der Waals surface area contributed by atoms with Gasteiger partial charge in [0.15, 0.2) is 5.65 Å². The van der Waals surface area contributed by atoms with Crippen LogP contribution >= 0.6 is 0 Å². The van der Waals surface area contributed by atoms with Gasteiger partial charge in [0, 0.05) is 30.9 Å². The number of hydrogen-bond acceptors (Lipinski definition) is 4. The molecule has 0 bridgehead atoms. The first-order valence-electron chi connectivity index (χ1n) is 8.90. The summed E-state index contributed by atoms with van der Waals surface area (Å²) in [6.45, 7) is 6.42. The van der Waals surface area contributed by atoms with Crippen molar-refractivity contribution in [2.45, 2.75) is 20.3 Å². The lowest BCUT2D eigenvalue weighted by atomic mass is 10.0. The quantitative estimate of drug-likeness (QED) is 0.728. The van der Waals surface area contributed by atoms with E-state index in [9.17, 15) is 4.79 Å². The summed E-state index contributed by atoms with van der Waals surface area (Å²) >= 11 is 0. The summed E-state index contributed by atoms with van der Waals surface area (Å²) < 4.78 is 7.13. The molecular formula is C20H22N4O2. The van der Waals surface area contributed by atoms with Gasteiger partial charge in [0.05, 0.1) is 19.4 Å². The van der Waals surface area contributed by atoms with Gasteiger partial charge < -0.3 is 9.64 Å². The van der Waals surface area contributed by atoms with Crippen LogP contribution in [0.3, 0.4) is 0 Å². The Bertz CT molecular complexity index is 943. The number of carbonyl (C=O) groups is 1. The zero-order chi connectivity index (χ0) is 18.1. The summed E-state index contributed by atoms with van der Waals surface area (Å²) in [7, 11) is 0. The van der Waals surface area contributed by atoms with Gasteiger partial charge >= 0.3 is 0 Å². The minimum Gasteiger partial charge on any atom is -0.378 e. The molecule has 0 unspecified atom stereocenters. The third-order valence-corrected chi connectivity index (χ3v) is 4.96. The van der Waals surface area contributed by atoms with Crippen LogP contribution in [0.25, 0.3) is 5.65 Å². The molecule has 1 fully saturated rings. The molecule has 3 aromatic rings. The third-order valence-electron chi connectivity index (χ3n) is 4.96. The maximum absolute atomic E-state index is 12.9. The summed E-state index contributed by atoms with van der Waals surface area (Å²) in [5.41, 5.74) is 5.54. The number of nitrogens with zero attached hydrogens (tertiary/aromatic N) is 4. The molecule has 1 saturated heterocycles. The summed E-state index contributed by atoms with van der Waals surface area (Å²) in [6.07, 6.45) is 2.44. The maximum atomic E-state index is 12.9. The molecule has 134 valence electrons. The van der Waals surface area contributed by atoms with Crippen LogP contribution < -0.4 is 0 Å². The Balaban J connectivity index is 1.72. The number of morpholine rings is 1. The summed E-state index contributed by atoms with van der Waals surface area (Å²) in [6, 6.07) is 10.3. The Morgan fingerprint density at radius 2 is 1.88 bits per heavy atom. The molecule has 6 heteroatoms. The average Bonchev–Trinajstić information content (AvgIpc) is 3.10. The number of hydrogen-bond donors (Lipinski definition) is 0. The highest BCUT2D eigenvalue weighted by molar-refractivity contribution is 5.99. The topological polar surface area (TPSA) is 59.7 Å². The van der Waals surface area contributed by atoms with Crippen molar-refractivity contribution in [1.82, 2.24) is 19.5 Å². The molecular weight excluding hydrogens is 328 g/mol. The van der Waals surface area contributed by atoms with Crippen LogP contribution in [0.15, 0.2) is 36.5 Å². The number of aryl methyl sites for hydroxylation is 2. The van der Waals surface area contributed by atoms with Crippen molar-refractivity contribution >= 4 is 11.6 Å². The smallest absolute Gasteiger partial charge is 0.259 e. The van der Waals surface area contributed by atoms with Gasteiger partial charge in [-0.05, 0) is 25.0 Å². The molecule has 26 heavy (non-hydrogen) atoms. The lowest BCUT2D eigenvalue weighted by Gasteiger charge is -2.26. The van der Waals surface area contributed by atoms with Crippen molar-refractivity contribution < 1.29 is 9.53 Å². The van der Waals surface area contributed by atoms with E-state index < -0.39 is 0 Å². The van der Waals surface area contributed by atoms with Crippen molar-refractivity contribution in [1.29, 1.82) is 0 Å². The molecule has 0 saturated carbocycles. The fourth-order valence-electron chi connectivity index (χ4n) is 3.45. The van der Waals surface area contributed by atoms with Gasteiger partial charge in [-0.1, -0.05) is 30.3 Å². The molecule has 4 rings (SSSR count). The Morgan fingerprint density at radius 1 is 1.15 bits per heavy atom. The number of aromatic nitrogens is 3. The van der Waals surface area contributed by atoms with Crippen LogP contribution in [-0.2, 0) is 11.2 Å². The zero-order valence-corrected chi connectivity index (χ0v) is 15.1. The monoisotopic (exact) mass is 350 g/mol. The lowest BCUT2D eigenvalue weighted by Crippen LogP contribution is -2.40. The number of ether oxygens (including phenoxy) is 1. The van der Waals surface area contributed by atoms with E-state index in [1.54, 1.807) is 10.7 Å². The van der Waals surface area contributed by atoms with E-state index >= 15 is 0 Å². The molecule has 6 nitrogen and oxygen atoms in total. The Morgan fingerprint density at radius 3 is 2.62 bits per heavy atom. The first-order valence-corrected chi connectivity index (χ1v) is 8.90. The molecule has 0 N–H and O–H groups in total. The number of carbonyl (C=O) groups excluding carboxylic acids is 1. The van der Waals surface area contributed by atoms with E-state index in [4.69, 9.17) is 9.72 Å². The molecule has 0 radical (unpaired) electrons. The summed E-state index contributed by atoms with van der Waals surface area (Å²) in [5.74, 6) is -0.0228. The molecule has 1 aromatic carbocycles. The van der Waals surface area contributed by atoms with E-state index in [-0.39, 0.29) is 5.91 Å². The number of rotatable bonds is 3. The predicted molar refractivity (Wildman–Crippen MR) is 98.4 cm³/mol. The highest BCUT2D eigenvalue weighted by Gasteiger charge is 2.24. The molecule has 0 aliphatic carbocycles. The zero-order valence-electron chi connectivity index (χ0n) is 15.1. The first kappa shape index (κ1) is 16.7. The van der Waals surface area contributed by atoms with Gasteiger partial charge in [0.25, 0.3) is 5.91 Å². The molecule has 1 aliphatic rings. The molecule has 2 aromatic heterocycles. The molecule has 3 heterocycles. The average molecular weight is 350 g/mol. The van der Waals surface area contributed by atoms with Crippen molar-refractivity contribution in [3.63, 3.8) is 0 Å². The minimum absolute atomic E-state index is 0.0228. The molecule has 1 amide bonds. The first-order chi connectivity index (χ1) is 12.6. The Labute approximate surface area is 152 Å². The van der Waals surface area contributed by atoms with Crippen LogP contribution in [-0.4, -0.2) is 51.7 Å². The predicted octanol–water partition coefficient (Wildman–Crippen LogP) is 2.41. The highest BCUT2D eigenvalue weighted by Crippen LogP contribution is 2.21. The minimum atomic E-state index is -0.0228. The van der Waals surface area contributed by atoms with Gasteiger partial charge in [-0.15, -0.1) is 0 Å². The fourth-order valence-corrected chi connectivity index (χ4v) is 3.45. The standard InChI is InChI=1S/C20H22N4O2/c1-14-17(12-16-6-4-3-5-7-16)15(2)24-19(22-14)18(13-21-24)20(25)23-8-10-26-11-9-23/h3-7,13H,8-12H2,1-2H3. The Hall–Kier alpha value is -2.73. The van der Waals surface area contributed by atoms with E-state index in [1.165, 1.54) is 5.56 Å². The second-order valence-electron chi connectivity index (χ2n) is 6.62. The summed E-state index contributed by atoms with van der Waals surface area (Å²) in [4.78, 5) is 19.4. The van der Waals surface area contributed by atoms with Crippen LogP contribution in [0.4, 0.5) is 0 Å². The van der Waals surface area contributed by atoms with Gasteiger partial charge in [-0.2, -0.15) is 5.10 Å². The maximum Gasteiger partial charge on any atom is 0.259 e. The fraction of sp³-hybridized carbons (Fsp3) is 0.350. The van der Waals surface area contributed by atoms with Gasteiger partial charge in [-0.3, -0.25) is 4.79 Å². The largest absolute Gasteiger partial charge is 0.378 e. The van der Waals surface area contributed by atoms with Gasteiger partial charge in [0.1, 0.15) is 5.56 Å². The number of amides is 1. The van der Waals surface area contributed by atoms with E-state index in [0.29, 0.717) is 37.5 Å². The number of fused-ring (bicyclic) bond motifs is 1. The van der Waals surface area contributed by atoms with E-state index in [2.05, 4.69) is 17.2 Å². The molecule has 0 atom stereocenters. The van der Waals surface area contributed by atoms with Crippen LogP contribution in [0.5, 0.6) is 0 Å². The van der Waals surface area contributed by atoms with Gasteiger partial charge in [0.2, 0.25) is 0 Å². The second kappa shape index (κ2) is 6.88. The van der Waals surface area contributed by atoms with Crippen LogP contribution in [0.2, 0.25) is 0 Å². The normalized spacial score (nSPS) is 14.8.